The first kappa shape index (κ1) is 14.5. The zero-order valence-electron chi connectivity index (χ0n) is 11.0. The number of nitrogens with one attached hydrogen (secondary N) is 1. The molecule has 0 amide bonds. The summed E-state index contributed by atoms with van der Waals surface area (Å²) in [5, 5.41) is 18.4. The van der Waals surface area contributed by atoms with E-state index in [2.05, 4.69) is 17.3 Å². The van der Waals surface area contributed by atoms with E-state index < -0.39 is 5.60 Å². The van der Waals surface area contributed by atoms with Crippen LogP contribution in [0.1, 0.15) is 45.9 Å². The average molecular weight is 260 g/mol. The standard InChI is InChI=1S/C12H22ClN3O/c1-5-6-14-8-12(4,17)11-10(13)7-15-16(11)9(2)3/h7,9,14,17H,5-6,8H2,1-4H3. The van der Waals surface area contributed by atoms with Gasteiger partial charge in [0.15, 0.2) is 0 Å². The summed E-state index contributed by atoms with van der Waals surface area (Å²) in [5.41, 5.74) is -0.328. The molecular formula is C12H22ClN3O. The number of nitrogens with zero attached hydrogens (tertiary/aromatic N) is 2. The fourth-order valence-electron chi connectivity index (χ4n) is 1.83. The van der Waals surface area contributed by atoms with Crippen molar-refractivity contribution in [2.24, 2.45) is 0 Å². The molecule has 1 unspecified atom stereocenters. The Bertz CT molecular complexity index is 361. The number of aliphatic hydroxyl groups is 1. The van der Waals surface area contributed by atoms with Crippen LogP contribution in [-0.2, 0) is 5.60 Å². The highest BCUT2D eigenvalue weighted by molar-refractivity contribution is 6.31. The maximum atomic E-state index is 10.5. The van der Waals surface area contributed by atoms with Crippen LogP contribution in [0.2, 0.25) is 5.02 Å². The van der Waals surface area contributed by atoms with Gasteiger partial charge in [0, 0.05) is 12.6 Å². The van der Waals surface area contributed by atoms with Crippen molar-refractivity contribution in [1.29, 1.82) is 0 Å². The van der Waals surface area contributed by atoms with Gasteiger partial charge in [-0.25, -0.2) is 0 Å². The van der Waals surface area contributed by atoms with E-state index in [0.29, 0.717) is 17.3 Å². The monoisotopic (exact) mass is 259 g/mol. The maximum absolute atomic E-state index is 10.5. The van der Waals surface area contributed by atoms with E-state index in [1.165, 1.54) is 0 Å². The third-order valence-corrected chi connectivity index (χ3v) is 2.92. The van der Waals surface area contributed by atoms with Crippen molar-refractivity contribution in [3.8, 4) is 0 Å². The van der Waals surface area contributed by atoms with E-state index in [4.69, 9.17) is 11.6 Å². The lowest BCUT2D eigenvalue weighted by Gasteiger charge is -2.26. The molecule has 4 nitrogen and oxygen atoms in total. The van der Waals surface area contributed by atoms with E-state index in [-0.39, 0.29) is 6.04 Å². The van der Waals surface area contributed by atoms with Crippen molar-refractivity contribution in [3.05, 3.63) is 16.9 Å². The normalized spacial score (nSPS) is 15.2. The van der Waals surface area contributed by atoms with Gasteiger partial charge in [0.25, 0.3) is 0 Å². The van der Waals surface area contributed by atoms with Gasteiger partial charge in [0.2, 0.25) is 0 Å². The summed E-state index contributed by atoms with van der Waals surface area (Å²) in [7, 11) is 0. The van der Waals surface area contributed by atoms with Crippen LogP contribution in [0.3, 0.4) is 0 Å². The number of hydrogen-bond acceptors (Lipinski definition) is 3. The number of halogens is 1. The molecular weight excluding hydrogens is 238 g/mol. The molecule has 98 valence electrons. The third-order valence-electron chi connectivity index (χ3n) is 2.65. The average Bonchev–Trinajstić information content (AvgIpc) is 2.61. The van der Waals surface area contributed by atoms with E-state index >= 15 is 0 Å². The topological polar surface area (TPSA) is 50.1 Å². The minimum atomic E-state index is -1.01. The van der Waals surface area contributed by atoms with Crippen LogP contribution in [-0.4, -0.2) is 28.0 Å². The lowest BCUT2D eigenvalue weighted by molar-refractivity contribution is 0.0466. The molecule has 0 fully saturated rings. The van der Waals surface area contributed by atoms with Gasteiger partial charge >= 0.3 is 0 Å². The van der Waals surface area contributed by atoms with Crippen molar-refractivity contribution < 1.29 is 5.11 Å². The predicted octanol–water partition coefficient (Wildman–Crippen LogP) is 2.32. The van der Waals surface area contributed by atoms with Gasteiger partial charge in [-0.3, -0.25) is 4.68 Å². The summed E-state index contributed by atoms with van der Waals surface area (Å²) in [4.78, 5) is 0. The molecule has 0 aliphatic carbocycles. The molecule has 1 heterocycles. The van der Waals surface area contributed by atoms with E-state index in [1.807, 2.05) is 13.8 Å². The minimum absolute atomic E-state index is 0.176. The summed E-state index contributed by atoms with van der Waals surface area (Å²) in [6.07, 6.45) is 2.62. The Morgan fingerprint density at radius 1 is 1.59 bits per heavy atom. The van der Waals surface area contributed by atoms with Crippen LogP contribution >= 0.6 is 11.6 Å². The van der Waals surface area contributed by atoms with Gasteiger partial charge in [-0.05, 0) is 33.7 Å². The molecule has 1 rings (SSSR count). The summed E-state index contributed by atoms with van der Waals surface area (Å²) >= 11 is 6.12. The van der Waals surface area contributed by atoms with E-state index in [9.17, 15) is 5.11 Å². The highest BCUT2D eigenvalue weighted by atomic mass is 35.5. The first-order valence-electron chi connectivity index (χ1n) is 6.06. The molecule has 0 saturated heterocycles. The van der Waals surface area contributed by atoms with Crippen LogP contribution in [0.5, 0.6) is 0 Å². The van der Waals surface area contributed by atoms with Gasteiger partial charge in [-0.15, -0.1) is 0 Å². The molecule has 1 aromatic heterocycles. The van der Waals surface area contributed by atoms with Crippen molar-refractivity contribution in [2.75, 3.05) is 13.1 Å². The highest BCUT2D eigenvalue weighted by Crippen LogP contribution is 2.29. The molecule has 0 spiro atoms. The zero-order chi connectivity index (χ0) is 13.1. The molecule has 0 saturated carbocycles. The summed E-state index contributed by atoms with van der Waals surface area (Å²) in [6.45, 7) is 9.23. The Kier molecular flexibility index (Phi) is 4.98. The fourth-order valence-corrected chi connectivity index (χ4v) is 2.16. The Morgan fingerprint density at radius 3 is 2.76 bits per heavy atom. The van der Waals surface area contributed by atoms with Crippen molar-refractivity contribution in [3.63, 3.8) is 0 Å². The van der Waals surface area contributed by atoms with Crippen LogP contribution in [0.15, 0.2) is 6.20 Å². The summed E-state index contributed by atoms with van der Waals surface area (Å²) in [5.74, 6) is 0. The smallest absolute Gasteiger partial charge is 0.117 e. The summed E-state index contributed by atoms with van der Waals surface area (Å²) in [6, 6.07) is 0.176. The van der Waals surface area contributed by atoms with Crippen LogP contribution in [0, 0.1) is 0 Å². The second kappa shape index (κ2) is 5.85. The van der Waals surface area contributed by atoms with Crippen LogP contribution in [0.4, 0.5) is 0 Å². The van der Waals surface area contributed by atoms with Crippen molar-refractivity contribution in [1.82, 2.24) is 15.1 Å². The first-order valence-corrected chi connectivity index (χ1v) is 6.44. The molecule has 1 atom stereocenters. The summed E-state index contributed by atoms with van der Waals surface area (Å²) < 4.78 is 1.77. The Balaban J connectivity index is 2.92. The van der Waals surface area contributed by atoms with E-state index in [1.54, 1.807) is 17.8 Å². The molecule has 17 heavy (non-hydrogen) atoms. The molecule has 0 aliphatic heterocycles. The number of hydrogen-bond donors (Lipinski definition) is 2. The molecule has 0 aromatic carbocycles. The second-order valence-corrected chi connectivity index (χ2v) is 5.24. The Hall–Kier alpha value is -0.580. The fraction of sp³-hybridized carbons (Fsp3) is 0.750. The molecule has 1 aromatic rings. The van der Waals surface area contributed by atoms with Gasteiger partial charge in [0.05, 0.1) is 16.9 Å². The van der Waals surface area contributed by atoms with Crippen molar-refractivity contribution in [2.45, 2.75) is 45.8 Å². The largest absolute Gasteiger partial charge is 0.382 e. The molecule has 5 heteroatoms. The number of aromatic nitrogens is 2. The molecule has 2 N–H and O–H groups in total. The Labute approximate surface area is 108 Å². The molecule has 0 aliphatic rings. The second-order valence-electron chi connectivity index (χ2n) is 4.83. The van der Waals surface area contributed by atoms with Gasteiger partial charge in [0.1, 0.15) is 5.60 Å². The van der Waals surface area contributed by atoms with Gasteiger partial charge < -0.3 is 10.4 Å². The minimum Gasteiger partial charge on any atom is -0.382 e. The zero-order valence-corrected chi connectivity index (χ0v) is 11.8. The highest BCUT2D eigenvalue weighted by Gasteiger charge is 2.30. The van der Waals surface area contributed by atoms with Crippen molar-refractivity contribution >= 4 is 11.6 Å². The quantitative estimate of drug-likeness (QED) is 0.771. The van der Waals surface area contributed by atoms with Gasteiger partial charge in [-0.2, -0.15) is 5.10 Å². The SMILES string of the molecule is CCCNCC(C)(O)c1c(Cl)cnn1C(C)C. The number of rotatable bonds is 6. The molecule has 0 bridgehead atoms. The lowest BCUT2D eigenvalue weighted by Crippen LogP contribution is -2.38. The predicted molar refractivity (Wildman–Crippen MR) is 70.4 cm³/mol. The first-order chi connectivity index (χ1) is 7.90. The van der Waals surface area contributed by atoms with E-state index in [0.717, 1.165) is 13.0 Å². The third kappa shape index (κ3) is 3.44. The maximum Gasteiger partial charge on any atom is 0.117 e. The van der Waals surface area contributed by atoms with Crippen LogP contribution in [0.25, 0.3) is 0 Å². The van der Waals surface area contributed by atoms with Crippen LogP contribution < -0.4 is 5.32 Å². The Morgan fingerprint density at radius 2 is 2.24 bits per heavy atom. The lowest BCUT2D eigenvalue weighted by atomic mass is 10.0. The van der Waals surface area contributed by atoms with Gasteiger partial charge in [-0.1, -0.05) is 18.5 Å². The molecule has 0 radical (unpaired) electrons.